The molecule has 4 nitrogen and oxygen atoms in total. The summed E-state index contributed by atoms with van der Waals surface area (Å²) >= 11 is 0. The maximum absolute atomic E-state index is 9.26. The van der Waals surface area contributed by atoms with Gasteiger partial charge in [0.05, 0.1) is 22.1 Å². The number of para-hydroxylation sites is 3. The summed E-state index contributed by atoms with van der Waals surface area (Å²) in [6.45, 7) is 0. The summed E-state index contributed by atoms with van der Waals surface area (Å²) in [5.41, 5.74) is 9.12. The van der Waals surface area contributed by atoms with Gasteiger partial charge in [0, 0.05) is 32.9 Å². The Hall–Kier alpha value is -5.26. The van der Waals surface area contributed by atoms with E-state index in [1.165, 1.54) is 21.8 Å². The lowest BCUT2D eigenvalue weighted by atomic mass is 10.0. The molecule has 0 unspecified atom stereocenters. The van der Waals surface area contributed by atoms with Crippen LogP contribution in [0.4, 0.5) is 0 Å². The lowest BCUT2D eigenvalue weighted by molar-refractivity contribution is 0.454. The van der Waals surface area contributed by atoms with E-state index in [-0.39, 0.29) is 0 Å². The molecule has 6 aromatic carbocycles. The molecule has 0 saturated heterocycles. The van der Waals surface area contributed by atoms with Gasteiger partial charge in [0.25, 0.3) is 0 Å². The minimum absolute atomic E-state index is 0.590. The van der Waals surface area contributed by atoms with E-state index in [1.54, 1.807) is 0 Å². The second-order valence-electron chi connectivity index (χ2n) is 10.2. The van der Waals surface area contributed by atoms with Crippen molar-refractivity contribution in [3.8, 4) is 28.3 Å². The fourth-order valence-electron chi connectivity index (χ4n) is 6.18. The van der Waals surface area contributed by atoms with Crippen LogP contribution in [0.3, 0.4) is 0 Å². The van der Waals surface area contributed by atoms with Gasteiger partial charge in [-0.25, -0.2) is 0 Å². The van der Waals surface area contributed by atoms with Crippen molar-refractivity contribution in [1.82, 2.24) is 9.13 Å². The molecule has 0 amide bonds. The molecule has 193 valence electrons. The normalized spacial score (nSPS) is 11.5. The Morgan fingerprint density at radius 1 is 0.439 bits per heavy atom. The first-order valence-corrected chi connectivity index (χ1v) is 13.7. The Morgan fingerprint density at radius 2 is 0.902 bits per heavy atom. The summed E-state index contributed by atoms with van der Waals surface area (Å²) in [7, 11) is 0.726. The lowest BCUT2D eigenvalue weighted by Gasteiger charge is -2.09. The van der Waals surface area contributed by atoms with Gasteiger partial charge < -0.3 is 18.8 Å². The number of nitrogens with zero attached hydrogens (tertiary/aromatic N) is 2. The van der Waals surface area contributed by atoms with Crippen molar-refractivity contribution in [3.05, 3.63) is 140 Å². The van der Waals surface area contributed by atoms with Crippen molar-refractivity contribution in [2.24, 2.45) is 0 Å². The second kappa shape index (κ2) is 9.44. The molecule has 0 spiro atoms. The third-order valence-corrected chi connectivity index (χ3v) is 7.96. The Kier molecular flexibility index (Phi) is 5.44. The maximum Gasteiger partial charge on any atom is 0.569 e. The van der Waals surface area contributed by atoms with Crippen molar-refractivity contribution < 1.29 is 9.68 Å². The minimum atomic E-state index is 0.590. The molecule has 0 aliphatic rings. The van der Waals surface area contributed by atoms with E-state index in [0.717, 1.165) is 52.0 Å². The summed E-state index contributed by atoms with van der Waals surface area (Å²) in [4.78, 5) is 0. The van der Waals surface area contributed by atoms with Crippen LogP contribution < -0.4 is 4.65 Å². The van der Waals surface area contributed by atoms with E-state index in [2.05, 4.69) is 124 Å². The smallest absolute Gasteiger partial charge is 0.537 e. The van der Waals surface area contributed by atoms with Gasteiger partial charge in [-0.1, -0.05) is 66.7 Å². The van der Waals surface area contributed by atoms with Gasteiger partial charge in [0.15, 0.2) is 0 Å². The predicted octanol–water partition coefficient (Wildman–Crippen LogP) is 8.45. The first-order chi connectivity index (χ1) is 20.3. The van der Waals surface area contributed by atoms with E-state index < -0.39 is 0 Å². The molecule has 8 aromatic rings. The topological polar surface area (TPSA) is 39.3 Å². The van der Waals surface area contributed by atoms with Crippen molar-refractivity contribution >= 4 is 51.3 Å². The first kappa shape index (κ1) is 23.6. The number of hydrogen-bond donors (Lipinski definition) is 1. The molecule has 0 fully saturated rings. The Labute approximate surface area is 237 Å². The SMILES string of the molecule is O[B]Oc1ccc2c(c1)c1cc(-c3ccc4c(c3)c3ccccc3n4-c3ccccc3)ccc1n2-c1ccccc1. The van der Waals surface area contributed by atoms with E-state index in [0.29, 0.717) is 5.75 Å². The van der Waals surface area contributed by atoms with E-state index in [9.17, 15) is 5.02 Å². The first-order valence-electron chi connectivity index (χ1n) is 13.7. The number of aromatic nitrogens is 2. The largest absolute Gasteiger partial charge is 0.569 e. The molecule has 8 rings (SSSR count). The van der Waals surface area contributed by atoms with Crippen molar-refractivity contribution in [2.45, 2.75) is 0 Å². The third-order valence-electron chi connectivity index (χ3n) is 7.96. The monoisotopic (exact) mass is 527 g/mol. The van der Waals surface area contributed by atoms with Gasteiger partial charge in [-0.2, -0.15) is 0 Å². The standard InChI is InChI=1S/C36H24BN2O2/c40-37-41-28-17-20-36-32(23-28)31-22-25(16-19-35(31)39(36)27-11-5-2-6-12-27)24-15-18-34-30(21-24)29-13-7-8-14-33(29)38(34)26-9-3-1-4-10-26/h1-23,40H. The van der Waals surface area contributed by atoms with E-state index in [4.69, 9.17) is 4.65 Å². The van der Waals surface area contributed by atoms with Crippen LogP contribution in [0.15, 0.2) is 140 Å². The summed E-state index contributed by atoms with van der Waals surface area (Å²) in [6.07, 6.45) is 0. The third kappa shape index (κ3) is 3.74. The molecule has 0 saturated carbocycles. The molecular formula is C36H24BN2O2. The Balaban J connectivity index is 1.36. The van der Waals surface area contributed by atoms with Crippen LogP contribution in [0.1, 0.15) is 0 Å². The van der Waals surface area contributed by atoms with Crippen molar-refractivity contribution in [1.29, 1.82) is 0 Å². The van der Waals surface area contributed by atoms with Gasteiger partial charge in [-0.05, 0) is 83.9 Å². The fraction of sp³-hybridized carbons (Fsp3) is 0. The van der Waals surface area contributed by atoms with Gasteiger partial charge in [-0.3, -0.25) is 0 Å². The van der Waals surface area contributed by atoms with Crippen LogP contribution in [-0.2, 0) is 0 Å². The number of benzene rings is 6. The van der Waals surface area contributed by atoms with Gasteiger partial charge in [0.1, 0.15) is 5.75 Å². The predicted molar refractivity (Wildman–Crippen MR) is 169 cm³/mol. The molecule has 2 heterocycles. The molecule has 0 aliphatic heterocycles. The molecule has 1 N–H and O–H groups in total. The molecule has 2 aromatic heterocycles. The number of hydrogen-bond acceptors (Lipinski definition) is 2. The van der Waals surface area contributed by atoms with Crippen molar-refractivity contribution in [3.63, 3.8) is 0 Å². The molecule has 0 aliphatic carbocycles. The van der Waals surface area contributed by atoms with Crippen LogP contribution in [0.5, 0.6) is 5.75 Å². The highest BCUT2D eigenvalue weighted by Crippen LogP contribution is 2.39. The highest BCUT2D eigenvalue weighted by Gasteiger charge is 2.16. The summed E-state index contributed by atoms with van der Waals surface area (Å²) in [5.74, 6) is 0.590. The summed E-state index contributed by atoms with van der Waals surface area (Å²) in [5, 5.41) is 13.9. The zero-order valence-electron chi connectivity index (χ0n) is 22.1. The highest BCUT2D eigenvalue weighted by molar-refractivity contribution is 6.18. The van der Waals surface area contributed by atoms with E-state index in [1.807, 2.05) is 24.3 Å². The van der Waals surface area contributed by atoms with Gasteiger partial charge in [-0.15, -0.1) is 0 Å². The maximum atomic E-state index is 9.26. The molecule has 41 heavy (non-hydrogen) atoms. The molecule has 1 radical (unpaired) electrons. The Morgan fingerprint density at radius 3 is 1.49 bits per heavy atom. The van der Waals surface area contributed by atoms with Gasteiger partial charge in [0.2, 0.25) is 0 Å². The van der Waals surface area contributed by atoms with Gasteiger partial charge >= 0.3 is 7.69 Å². The number of rotatable bonds is 5. The van der Waals surface area contributed by atoms with E-state index >= 15 is 0 Å². The second-order valence-corrected chi connectivity index (χ2v) is 10.2. The van der Waals surface area contributed by atoms with Crippen LogP contribution >= 0.6 is 0 Å². The molecular weight excluding hydrogens is 503 g/mol. The quantitative estimate of drug-likeness (QED) is 0.228. The van der Waals surface area contributed by atoms with Crippen molar-refractivity contribution in [2.75, 3.05) is 0 Å². The highest BCUT2D eigenvalue weighted by atomic mass is 16.5. The average molecular weight is 527 g/mol. The zero-order valence-corrected chi connectivity index (χ0v) is 22.1. The molecule has 0 bridgehead atoms. The number of fused-ring (bicyclic) bond motifs is 6. The summed E-state index contributed by atoms with van der Waals surface area (Å²) < 4.78 is 9.95. The average Bonchev–Trinajstić information content (AvgIpc) is 3.54. The summed E-state index contributed by atoms with van der Waals surface area (Å²) in [6, 6.07) is 48.9. The van der Waals surface area contributed by atoms with Crippen LogP contribution in [0.2, 0.25) is 0 Å². The molecule has 5 heteroatoms. The minimum Gasteiger partial charge on any atom is -0.537 e. The van der Waals surface area contributed by atoms with Crippen LogP contribution in [0.25, 0.3) is 66.1 Å². The fourth-order valence-corrected chi connectivity index (χ4v) is 6.18. The van der Waals surface area contributed by atoms with Crippen LogP contribution in [0, 0.1) is 0 Å². The van der Waals surface area contributed by atoms with Crippen LogP contribution in [-0.4, -0.2) is 21.8 Å². The zero-order chi connectivity index (χ0) is 27.3. The molecule has 0 atom stereocenters. The lowest BCUT2D eigenvalue weighted by Crippen LogP contribution is -1.99. The Bertz CT molecular complexity index is 2220.